The molecule has 0 aromatic heterocycles. The predicted molar refractivity (Wildman–Crippen MR) is 148 cm³/mol. The van der Waals surface area contributed by atoms with E-state index in [4.69, 9.17) is 32.7 Å². The maximum absolute atomic E-state index is 12.6. The number of hydrogen-bond acceptors (Lipinski definition) is 5. The van der Waals surface area contributed by atoms with Crippen LogP contribution in [0, 0.1) is 6.92 Å². The summed E-state index contributed by atoms with van der Waals surface area (Å²) in [6, 6.07) is 16.7. The van der Waals surface area contributed by atoms with E-state index in [1.807, 2.05) is 68.4 Å². The molecule has 0 aliphatic carbocycles. The van der Waals surface area contributed by atoms with E-state index in [0.717, 1.165) is 21.2 Å². The van der Waals surface area contributed by atoms with Crippen molar-refractivity contribution in [2.75, 3.05) is 6.61 Å². The van der Waals surface area contributed by atoms with Crippen LogP contribution in [-0.2, 0) is 11.4 Å². The van der Waals surface area contributed by atoms with Crippen LogP contribution in [-0.4, -0.2) is 17.7 Å². The van der Waals surface area contributed by atoms with Crippen molar-refractivity contribution in [3.63, 3.8) is 0 Å². The molecule has 0 radical (unpaired) electrons. The smallest absolute Gasteiger partial charge is 0.264 e. The highest BCUT2D eigenvalue weighted by Crippen LogP contribution is 2.37. The van der Waals surface area contributed by atoms with Gasteiger partial charge in [-0.3, -0.25) is 4.79 Å². The molecule has 4 rings (SSSR count). The van der Waals surface area contributed by atoms with Crippen LogP contribution >= 0.6 is 50.9 Å². The average Bonchev–Trinajstić information content (AvgIpc) is 3.17. The molecule has 3 aromatic carbocycles. The van der Waals surface area contributed by atoms with Gasteiger partial charge < -0.3 is 14.8 Å². The Morgan fingerprint density at radius 2 is 1.83 bits per heavy atom. The minimum atomic E-state index is -0.221. The van der Waals surface area contributed by atoms with Gasteiger partial charge in [-0.05, 0) is 84.8 Å². The molecule has 0 spiro atoms. The SMILES string of the molecule is CCOc1cc(/C=C2/SC(=Nc3cccc(Cl)c3C)NC2=O)c(Br)cc1OCc1ccc(Cl)cc1. The number of thioether (sulfide) groups is 1. The topological polar surface area (TPSA) is 59.9 Å². The molecule has 1 N–H and O–H groups in total. The van der Waals surface area contributed by atoms with Gasteiger partial charge in [0.1, 0.15) is 6.61 Å². The van der Waals surface area contributed by atoms with Gasteiger partial charge in [0.25, 0.3) is 5.91 Å². The second-order valence-electron chi connectivity index (χ2n) is 7.53. The molecule has 9 heteroatoms. The average molecular weight is 592 g/mol. The minimum Gasteiger partial charge on any atom is -0.490 e. The molecule has 1 heterocycles. The summed E-state index contributed by atoms with van der Waals surface area (Å²) in [6.45, 7) is 4.64. The molecule has 1 aliphatic heterocycles. The summed E-state index contributed by atoms with van der Waals surface area (Å²) in [5.41, 5.74) is 3.33. The highest BCUT2D eigenvalue weighted by Gasteiger charge is 2.25. The molecule has 1 saturated heterocycles. The minimum absolute atomic E-state index is 0.221. The lowest BCUT2D eigenvalue weighted by Crippen LogP contribution is -2.19. The fourth-order valence-electron chi connectivity index (χ4n) is 3.23. The lowest BCUT2D eigenvalue weighted by atomic mass is 10.1. The molecule has 0 saturated carbocycles. The first kappa shape index (κ1) is 25.6. The second-order valence-corrected chi connectivity index (χ2v) is 10.3. The van der Waals surface area contributed by atoms with Crippen molar-refractivity contribution in [1.29, 1.82) is 0 Å². The van der Waals surface area contributed by atoms with Crippen LogP contribution in [0.25, 0.3) is 6.08 Å². The van der Waals surface area contributed by atoms with Crippen LogP contribution in [0.3, 0.4) is 0 Å². The number of benzene rings is 3. The number of rotatable bonds is 7. The molecule has 35 heavy (non-hydrogen) atoms. The Hall–Kier alpha value is -2.45. The third-order valence-corrected chi connectivity index (χ3v) is 7.33. The molecule has 3 aromatic rings. The summed E-state index contributed by atoms with van der Waals surface area (Å²) in [6.07, 6.45) is 1.79. The van der Waals surface area contributed by atoms with Crippen molar-refractivity contribution in [3.8, 4) is 11.5 Å². The lowest BCUT2D eigenvalue weighted by molar-refractivity contribution is -0.115. The molecule has 0 bridgehead atoms. The third kappa shape index (κ3) is 6.41. The van der Waals surface area contributed by atoms with Crippen LogP contribution < -0.4 is 14.8 Å². The fraction of sp³-hybridized carbons (Fsp3) is 0.154. The molecular formula is C26H21BrCl2N2O3S. The van der Waals surface area contributed by atoms with E-state index in [1.165, 1.54) is 11.8 Å². The number of nitrogens with zero attached hydrogens (tertiary/aromatic N) is 1. The van der Waals surface area contributed by atoms with Crippen molar-refractivity contribution in [2.24, 2.45) is 4.99 Å². The second kappa shape index (κ2) is 11.5. The van der Waals surface area contributed by atoms with Gasteiger partial charge in [0.15, 0.2) is 16.7 Å². The lowest BCUT2D eigenvalue weighted by Gasteiger charge is -2.14. The number of carbonyl (C=O) groups excluding carboxylic acids is 1. The summed E-state index contributed by atoms with van der Waals surface area (Å²) in [4.78, 5) is 17.7. The van der Waals surface area contributed by atoms with Gasteiger partial charge in [0.2, 0.25) is 0 Å². The Labute approximate surface area is 226 Å². The number of aliphatic imine (C=N–C) groups is 1. The molecular weight excluding hydrogens is 571 g/mol. The third-order valence-electron chi connectivity index (χ3n) is 5.07. The molecule has 1 aliphatic rings. The highest BCUT2D eigenvalue weighted by molar-refractivity contribution is 9.10. The predicted octanol–water partition coefficient (Wildman–Crippen LogP) is 7.93. The largest absolute Gasteiger partial charge is 0.490 e. The van der Waals surface area contributed by atoms with Gasteiger partial charge >= 0.3 is 0 Å². The van der Waals surface area contributed by atoms with Gasteiger partial charge in [-0.1, -0.05) is 57.3 Å². The van der Waals surface area contributed by atoms with Crippen LogP contribution in [0.15, 0.2) is 69.0 Å². The zero-order valence-electron chi connectivity index (χ0n) is 18.9. The normalized spacial score (nSPS) is 15.5. The summed E-state index contributed by atoms with van der Waals surface area (Å²) in [5.74, 6) is 0.961. The fourth-order valence-corrected chi connectivity index (χ4v) is 4.79. The van der Waals surface area contributed by atoms with E-state index in [-0.39, 0.29) is 5.91 Å². The van der Waals surface area contributed by atoms with Crippen molar-refractivity contribution < 1.29 is 14.3 Å². The van der Waals surface area contributed by atoms with Crippen LogP contribution in [0.1, 0.15) is 23.6 Å². The van der Waals surface area contributed by atoms with E-state index in [9.17, 15) is 4.79 Å². The van der Waals surface area contributed by atoms with Crippen molar-refractivity contribution >= 4 is 73.7 Å². The summed E-state index contributed by atoms with van der Waals surface area (Å²) in [7, 11) is 0. The van der Waals surface area contributed by atoms with E-state index < -0.39 is 0 Å². The first-order valence-electron chi connectivity index (χ1n) is 10.7. The molecule has 0 unspecified atom stereocenters. The zero-order chi connectivity index (χ0) is 24.9. The Bertz CT molecular complexity index is 1330. The van der Waals surface area contributed by atoms with Gasteiger partial charge in [0, 0.05) is 14.5 Å². The highest BCUT2D eigenvalue weighted by atomic mass is 79.9. The Kier molecular flexibility index (Phi) is 8.44. The van der Waals surface area contributed by atoms with Crippen molar-refractivity contribution in [1.82, 2.24) is 5.32 Å². The maximum atomic E-state index is 12.6. The molecule has 1 amide bonds. The molecule has 5 nitrogen and oxygen atoms in total. The van der Waals surface area contributed by atoms with Crippen LogP contribution in [0.4, 0.5) is 5.69 Å². The number of carbonyl (C=O) groups is 1. The molecule has 1 fully saturated rings. The van der Waals surface area contributed by atoms with Gasteiger partial charge in [0.05, 0.1) is 17.2 Å². The summed E-state index contributed by atoms with van der Waals surface area (Å²) >= 11 is 17.0. The van der Waals surface area contributed by atoms with Gasteiger partial charge in [-0.25, -0.2) is 4.99 Å². The Morgan fingerprint density at radius 3 is 2.57 bits per heavy atom. The van der Waals surface area contributed by atoms with Crippen LogP contribution in [0.5, 0.6) is 11.5 Å². The quantitative estimate of drug-likeness (QED) is 0.283. The van der Waals surface area contributed by atoms with E-state index >= 15 is 0 Å². The number of ether oxygens (including phenoxy) is 2. The van der Waals surface area contributed by atoms with Gasteiger partial charge in [-0.15, -0.1) is 0 Å². The summed E-state index contributed by atoms with van der Waals surface area (Å²) < 4.78 is 12.6. The van der Waals surface area contributed by atoms with Crippen molar-refractivity contribution in [2.45, 2.75) is 20.5 Å². The first-order valence-corrected chi connectivity index (χ1v) is 13.1. The van der Waals surface area contributed by atoms with Crippen LogP contribution in [0.2, 0.25) is 10.0 Å². The number of amides is 1. The first-order chi connectivity index (χ1) is 16.8. The number of nitrogens with one attached hydrogen (secondary N) is 1. The molecule has 0 atom stereocenters. The Morgan fingerprint density at radius 1 is 1.09 bits per heavy atom. The molecule has 180 valence electrons. The number of hydrogen-bond donors (Lipinski definition) is 1. The standard InChI is InChI=1S/C26H21BrCl2N2O3S/c1-3-33-22-11-17(19(27)13-23(22)34-14-16-7-9-18(28)10-8-16)12-24-25(32)31-26(35-24)30-21-6-4-5-20(29)15(21)2/h4-13H,3,14H2,1-2H3,(H,30,31,32)/b24-12+. The van der Waals surface area contributed by atoms with E-state index in [2.05, 4.69) is 26.2 Å². The summed E-state index contributed by atoms with van der Waals surface area (Å²) in [5, 5.41) is 4.61. The monoisotopic (exact) mass is 590 g/mol. The van der Waals surface area contributed by atoms with E-state index in [0.29, 0.717) is 50.5 Å². The maximum Gasteiger partial charge on any atom is 0.264 e. The van der Waals surface area contributed by atoms with Gasteiger partial charge in [-0.2, -0.15) is 0 Å². The Balaban J connectivity index is 1.57. The van der Waals surface area contributed by atoms with E-state index in [1.54, 1.807) is 6.08 Å². The number of halogens is 3. The number of amidine groups is 1. The zero-order valence-corrected chi connectivity index (χ0v) is 22.8. The van der Waals surface area contributed by atoms with Crippen molar-refractivity contribution in [3.05, 3.63) is 90.7 Å².